The Morgan fingerprint density at radius 2 is 2.20 bits per heavy atom. The van der Waals surface area contributed by atoms with Gasteiger partial charge in [0.15, 0.2) is 5.96 Å². The molecule has 4 nitrogen and oxygen atoms in total. The SMILES string of the molecule is Cn1cc(CCN=C(N)N2CCC2)c2ccc(Cl)cc21. The highest BCUT2D eigenvalue weighted by molar-refractivity contribution is 6.31. The molecular weight excluding hydrogens is 272 g/mol. The lowest BCUT2D eigenvalue weighted by molar-refractivity contribution is 0.296. The number of hydrogen-bond donors (Lipinski definition) is 1. The summed E-state index contributed by atoms with van der Waals surface area (Å²) in [5.41, 5.74) is 8.38. The van der Waals surface area contributed by atoms with E-state index >= 15 is 0 Å². The van der Waals surface area contributed by atoms with Crippen molar-refractivity contribution in [2.24, 2.45) is 17.8 Å². The molecule has 1 aliphatic heterocycles. The molecule has 1 saturated heterocycles. The Bertz CT molecular complexity index is 655. The Labute approximate surface area is 123 Å². The van der Waals surface area contributed by atoms with Gasteiger partial charge in [0.1, 0.15) is 0 Å². The van der Waals surface area contributed by atoms with E-state index < -0.39 is 0 Å². The van der Waals surface area contributed by atoms with Crippen LogP contribution in [-0.2, 0) is 13.5 Å². The van der Waals surface area contributed by atoms with Gasteiger partial charge in [-0.25, -0.2) is 0 Å². The molecule has 2 heterocycles. The lowest BCUT2D eigenvalue weighted by Crippen LogP contribution is -2.46. The van der Waals surface area contributed by atoms with Crippen molar-refractivity contribution in [3.8, 4) is 0 Å². The van der Waals surface area contributed by atoms with Crippen LogP contribution in [0.3, 0.4) is 0 Å². The predicted molar refractivity (Wildman–Crippen MR) is 84.3 cm³/mol. The lowest BCUT2D eigenvalue weighted by Gasteiger charge is -2.31. The number of hydrogen-bond acceptors (Lipinski definition) is 1. The Morgan fingerprint density at radius 3 is 2.90 bits per heavy atom. The molecule has 0 atom stereocenters. The summed E-state index contributed by atoms with van der Waals surface area (Å²) in [5.74, 6) is 0.680. The molecular formula is C15H19ClN4. The fraction of sp³-hybridized carbons (Fsp3) is 0.400. The van der Waals surface area contributed by atoms with Gasteiger partial charge in [-0.1, -0.05) is 17.7 Å². The Morgan fingerprint density at radius 1 is 1.40 bits per heavy atom. The minimum absolute atomic E-state index is 0.680. The first-order valence-corrected chi connectivity index (χ1v) is 7.31. The van der Waals surface area contributed by atoms with Crippen LogP contribution in [0.1, 0.15) is 12.0 Å². The van der Waals surface area contributed by atoms with Crippen molar-refractivity contribution in [1.29, 1.82) is 0 Å². The average Bonchev–Trinajstić information content (AvgIpc) is 2.64. The van der Waals surface area contributed by atoms with Crippen molar-refractivity contribution >= 4 is 28.5 Å². The van der Waals surface area contributed by atoms with E-state index in [4.69, 9.17) is 17.3 Å². The quantitative estimate of drug-likeness (QED) is 0.697. The highest BCUT2D eigenvalue weighted by Gasteiger charge is 2.15. The number of rotatable bonds is 3. The lowest BCUT2D eigenvalue weighted by atomic mass is 10.1. The van der Waals surface area contributed by atoms with Crippen molar-refractivity contribution in [2.75, 3.05) is 19.6 Å². The number of fused-ring (bicyclic) bond motifs is 1. The maximum absolute atomic E-state index is 6.05. The first kappa shape index (κ1) is 13.3. The van der Waals surface area contributed by atoms with Crippen LogP contribution >= 0.6 is 11.6 Å². The van der Waals surface area contributed by atoms with Gasteiger partial charge in [-0.05, 0) is 30.5 Å². The summed E-state index contributed by atoms with van der Waals surface area (Å²) >= 11 is 6.05. The van der Waals surface area contributed by atoms with Gasteiger partial charge in [0.2, 0.25) is 0 Å². The Kier molecular flexibility index (Phi) is 3.57. The number of guanidine groups is 1. The van der Waals surface area contributed by atoms with Crippen molar-refractivity contribution in [2.45, 2.75) is 12.8 Å². The monoisotopic (exact) mass is 290 g/mol. The molecule has 5 heteroatoms. The summed E-state index contributed by atoms with van der Waals surface area (Å²) in [5, 5.41) is 2.01. The topological polar surface area (TPSA) is 46.6 Å². The third-order valence-corrected chi connectivity index (χ3v) is 4.11. The number of aryl methyl sites for hydroxylation is 1. The molecule has 0 unspecified atom stereocenters. The van der Waals surface area contributed by atoms with Crippen LogP contribution in [0.2, 0.25) is 5.02 Å². The molecule has 20 heavy (non-hydrogen) atoms. The molecule has 1 aromatic carbocycles. The number of likely N-dealkylation sites (tertiary alicyclic amines) is 1. The fourth-order valence-corrected chi connectivity index (χ4v) is 2.74. The second-order valence-electron chi connectivity index (χ2n) is 5.26. The summed E-state index contributed by atoms with van der Waals surface area (Å²) < 4.78 is 2.11. The molecule has 3 rings (SSSR count). The van der Waals surface area contributed by atoms with E-state index in [1.165, 1.54) is 17.4 Å². The average molecular weight is 291 g/mol. The smallest absolute Gasteiger partial charge is 0.191 e. The largest absolute Gasteiger partial charge is 0.370 e. The number of halogens is 1. The zero-order valence-electron chi connectivity index (χ0n) is 11.6. The normalized spacial score (nSPS) is 15.7. The second kappa shape index (κ2) is 5.37. The van der Waals surface area contributed by atoms with Gasteiger partial charge in [-0.2, -0.15) is 0 Å². The van der Waals surface area contributed by atoms with Crippen LogP contribution in [0, 0.1) is 0 Å². The van der Waals surface area contributed by atoms with Crippen molar-refractivity contribution in [3.63, 3.8) is 0 Å². The molecule has 1 aromatic heterocycles. The zero-order valence-corrected chi connectivity index (χ0v) is 12.4. The number of nitrogens with zero attached hydrogens (tertiary/aromatic N) is 3. The van der Waals surface area contributed by atoms with E-state index in [0.717, 1.165) is 36.6 Å². The minimum Gasteiger partial charge on any atom is -0.370 e. The Balaban J connectivity index is 1.74. The maximum atomic E-state index is 6.05. The van der Waals surface area contributed by atoms with E-state index in [2.05, 4.69) is 26.7 Å². The fourth-order valence-electron chi connectivity index (χ4n) is 2.58. The summed E-state index contributed by atoms with van der Waals surface area (Å²) in [7, 11) is 2.04. The zero-order chi connectivity index (χ0) is 14.1. The number of aliphatic imine (C=N–C) groups is 1. The maximum Gasteiger partial charge on any atom is 0.191 e. The van der Waals surface area contributed by atoms with Crippen LogP contribution in [0.15, 0.2) is 29.4 Å². The van der Waals surface area contributed by atoms with Crippen molar-refractivity contribution in [1.82, 2.24) is 9.47 Å². The Hall–Kier alpha value is -1.68. The van der Waals surface area contributed by atoms with E-state index in [1.54, 1.807) is 0 Å². The molecule has 106 valence electrons. The molecule has 0 amide bonds. The molecule has 1 fully saturated rings. The number of aromatic nitrogens is 1. The first-order chi connectivity index (χ1) is 9.65. The van der Waals surface area contributed by atoms with E-state index in [0.29, 0.717) is 5.96 Å². The van der Waals surface area contributed by atoms with Gasteiger partial charge in [-0.15, -0.1) is 0 Å². The molecule has 0 radical (unpaired) electrons. The molecule has 0 bridgehead atoms. The summed E-state index contributed by atoms with van der Waals surface area (Å²) in [6, 6.07) is 6.01. The predicted octanol–water partition coefficient (Wildman–Crippen LogP) is 2.39. The van der Waals surface area contributed by atoms with E-state index in [-0.39, 0.29) is 0 Å². The van der Waals surface area contributed by atoms with Crippen LogP contribution in [-0.4, -0.2) is 35.1 Å². The van der Waals surface area contributed by atoms with Crippen LogP contribution in [0.5, 0.6) is 0 Å². The standard InChI is InChI=1S/C15H19ClN4/c1-19-10-11(13-4-3-12(16)9-14(13)19)5-6-18-15(17)20-7-2-8-20/h3-4,9-10H,2,5-8H2,1H3,(H2,17,18). The number of benzene rings is 1. The van der Waals surface area contributed by atoms with Gasteiger partial charge < -0.3 is 15.2 Å². The van der Waals surface area contributed by atoms with Crippen molar-refractivity contribution in [3.05, 3.63) is 35.0 Å². The third kappa shape index (κ3) is 2.48. The van der Waals surface area contributed by atoms with Gasteiger partial charge in [-0.3, -0.25) is 4.99 Å². The molecule has 1 aliphatic rings. The summed E-state index contributed by atoms with van der Waals surface area (Å²) in [6.45, 7) is 2.81. The van der Waals surface area contributed by atoms with Crippen LogP contribution < -0.4 is 5.73 Å². The first-order valence-electron chi connectivity index (χ1n) is 6.93. The molecule has 0 spiro atoms. The molecule has 2 N–H and O–H groups in total. The molecule has 0 saturated carbocycles. The van der Waals surface area contributed by atoms with Gasteiger partial charge in [0.05, 0.1) is 0 Å². The van der Waals surface area contributed by atoms with Crippen LogP contribution in [0.4, 0.5) is 0 Å². The second-order valence-corrected chi connectivity index (χ2v) is 5.69. The minimum atomic E-state index is 0.680. The van der Waals surface area contributed by atoms with Crippen molar-refractivity contribution < 1.29 is 0 Å². The molecule has 2 aromatic rings. The van der Waals surface area contributed by atoms with E-state index in [9.17, 15) is 0 Å². The van der Waals surface area contributed by atoms with Gasteiger partial charge in [0, 0.05) is 48.8 Å². The third-order valence-electron chi connectivity index (χ3n) is 3.87. The summed E-state index contributed by atoms with van der Waals surface area (Å²) in [4.78, 5) is 6.57. The van der Waals surface area contributed by atoms with E-state index in [1.807, 2.05) is 19.2 Å². The highest BCUT2D eigenvalue weighted by atomic mass is 35.5. The number of nitrogens with two attached hydrogens (primary N) is 1. The van der Waals surface area contributed by atoms with Gasteiger partial charge >= 0.3 is 0 Å². The summed E-state index contributed by atoms with van der Waals surface area (Å²) in [6.07, 6.45) is 4.27. The van der Waals surface area contributed by atoms with Crippen LogP contribution in [0.25, 0.3) is 10.9 Å². The highest BCUT2D eigenvalue weighted by Crippen LogP contribution is 2.24. The molecule has 0 aliphatic carbocycles. The van der Waals surface area contributed by atoms with Gasteiger partial charge in [0.25, 0.3) is 0 Å².